The Balaban J connectivity index is 2.26. The third kappa shape index (κ3) is 3.07. The summed E-state index contributed by atoms with van der Waals surface area (Å²) in [5, 5.41) is 0.163. The highest BCUT2D eigenvalue weighted by molar-refractivity contribution is 7.89. The van der Waals surface area contributed by atoms with E-state index in [1.165, 1.54) is 23.0 Å². The van der Waals surface area contributed by atoms with Crippen LogP contribution in [-0.2, 0) is 10.0 Å². The van der Waals surface area contributed by atoms with Gasteiger partial charge in [0.2, 0.25) is 10.0 Å². The zero-order chi connectivity index (χ0) is 14.9. The molecule has 2 rings (SSSR count). The molecule has 0 spiro atoms. The highest BCUT2D eigenvalue weighted by atomic mass is 35.5. The molecule has 1 heterocycles. The van der Waals surface area contributed by atoms with Crippen LogP contribution in [0.2, 0.25) is 5.02 Å². The summed E-state index contributed by atoms with van der Waals surface area (Å²) in [5.41, 5.74) is 5.52. The first-order chi connectivity index (χ1) is 9.32. The van der Waals surface area contributed by atoms with Gasteiger partial charge in [-0.1, -0.05) is 31.4 Å². The van der Waals surface area contributed by atoms with E-state index >= 15 is 0 Å². The fourth-order valence-corrected chi connectivity index (χ4v) is 4.27. The van der Waals surface area contributed by atoms with E-state index in [0.717, 1.165) is 19.3 Å². The summed E-state index contributed by atoms with van der Waals surface area (Å²) in [4.78, 5) is 3.92. The van der Waals surface area contributed by atoms with Gasteiger partial charge in [0.1, 0.15) is 10.7 Å². The van der Waals surface area contributed by atoms with Crippen LogP contribution in [0.4, 0.5) is 5.82 Å². The van der Waals surface area contributed by atoms with Gasteiger partial charge in [0.05, 0.1) is 5.02 Å². The van der Waals surface area contributed by atoms with Crippen molar-refractivity contribution in [1.82, 2.24) is 9.29 Å². The minimum absolute atomic E-state index is 0.0417. The molecule has 1 aromatic rings. The Morgan fingerprint density at radius 2 is 2.15 bits per heavy atom. The Kier molecular flexibility index (Phi) is 4.56. The molecule has 2 unspecified atom stereocenters. The third-order valence-corrected chi connectivity index (χ3v) is 6.12. The second kappa shape index (κ2) is 5.87. The summed E-state index contributed by atoms with van der Waals surface area (Å²) >= 11 is 5.86. The van der Waals surface area contributed by atoms with Crippen LogP contribution in [0.5, 0.6) is 0 Å². The molecule has 1 aliphatic rings. The first kappa shape index (κ1) is 15.5. The van der Waals surface area contributed by atoms with Gasteiger partial charge in [0.25, 0.3) is 0 Å². The van der Waals surface area contributed by atoms with Crippen molar-refractivity contribution < 1.29 is 8.42 Å². The number of aromatic nitrogens is 1. The van der Waals surface area contributed by atoms with Crippen molar-refractivity contribution in [3.05, 3.63) is 17.3 Å². The number of hydrogen-bond donors (Lipinski definition) is 1. The van der Waals surface area contributed by atoms with Gasteiger partial charge in [-0.15, -0.1) is 0 Å². The molecule has 0 aromatic carbocycles. The first-order valence-corrected chi connectivity index (χ1v) is 8.53. The predicted molar refractivity (Wildman–Crippen MR) is 80.0 cm³/mol. The molecule has 5 nitrogen and oxygen atoms in total. The second-order valence-corrected chi connectivity index (χ2v) is 7.89. The van der Waals surface area contributed by atoms with Crippen LogP contribution < -0.4 is 5.73 Å². The Morgan fingerprint density at radius 1 is 1.45 bits per heavy atom. The van der Waals surface area contributed by atoms with Crippen LogP contribution in [0.15, 0.2) is 17.2 Å². The fraction of sp³-hybridized carbons (Fsp3) is 0.615. The third-order valence-electron chi connectivity index (χ3n) is 3.94. The molecule has 20 heavy (non-hydrogen) atoms. The van der Waals surface area contributed by atoms with Crippen LogP contribution in [0, 0.1) is 5.92 Å². The van der Waals surface area contributed by atoms with Crippen molar-refractivity contribution in [3.63, 3.8) is 0 Å². The highest BCUT2D eigenvalue weighted by Crippen LogP contribution is 2.30. The number of halogens is 1. The molecule has 2 N–H and O–H groups in total. The number of nitrogens with zero attached hydrogens (tertiary/aromatic N) is 2. The van der Waals surface area contributed by atoms with E-state index in [1.807, 2.05) is 0 Å². The minimum Gasteiger partial charge on any atom is -0.382 e. The molecule has 1 saturated carbocycles. The number of sulfonamides is 1. The maximum Gasteiger partial charge on any atom is 0.244 e. The summed E-state index contributed by atoms with van der Waals surface area (Å²) in [5.74, 6) is 0.694. The Morgan fingerprint density at radius 3 is 2.75 bits per heavy atom. The molecule has 1 aromatic heterocycles. The van der Waals surface area contributed by atoms with Crippen molar-refractivity contribution in [2.45, 2.75) is 43.5 Å². The quantitative estimate of drug-likeness (QED) is 0.929. The van der Waals surface area contributed by atoms with Gasteiger partial charge in [-0.3, -0.25) is 0 Å². The summed E-state index contributed by atoms with van der Waals surface area (Å²) in [7, 11) is -1.94. The minimum atomic E-state index is -3.57. The lowest BCUT2D eigenvalue weighted by atomic mass is 9.87. The zero-order valence-corrected chi connectivity index (χ0v) is 13.3. The summed E-state index contributed by atoms with van der Waals surface area (Å²) in [6.07, 6.45) is 5.29. The van der Waals surface area contributed by atoms with Crippen molar-refractivity contribution in [2.75, 3.05) is 12.8 Å². The molecule has 112 valence electrons. The monoisotopic (exact) mass is 317 g/mol. The summed E-state index contributed by atoms with van der Waals surface area (Å²) in [6.45, 7) is 2.16. The van der Waals surface area contributed by atoms with Gasteiger partial charge in [-0.2, -0.15) is 4.31 Å². The van der Waals surface area contributed by atoms with Gasteiger partial charge in [-0.25, -0.2) is 13.4 Å². The second-order valence-electron chi connectivity index (χ2n) is 5.48. The van der Waals surface area contributed by atoms with Gasteiger partial charge in [-0.05, 0) is 24.8 Å². The van der Waals surface area contributed by atoms with Crippen LogP contribution >= 0.6 is 11.6 Å². The normalized spacial score (nSPS) is 24.0. The standard InChI is InChI=1S/C13H20ClN3O2S/c1-9-4-3-5-10(6-9)17(2)20(18,19)11-7-12(14)13(15)16-8-11/h7-10H,3-6H2,1-2H3,(H2,15,16). The van der Waals surface area contributed by atoms with Crippen LogP contribution in [-0.4, -0.2) is 30.8 Å². The lowest BCUT2D eigenvalue weighted by Crippen LogP contribution is -2.39. The predicted octanol–water partition coefficient (Wildman–Crippen LogP) is 2.52. The smallest absolute Gasteiger partial charge is 0.244 e. The SMILES string of the molecule is CC1CCCC(N(C)S(=O)(=O)c2cnc(N)c(Cl)c2)C1. The first-order valence-electron chi connectivity index (χ1n) is 6.71. The molecule has 0 aliphatic heterocycles. The van der Waals surface area contributed by atoms with E-state index in [-0.39, 0.29) is 21.8 Å². The molecule has 1 aliphatic carbocycles. The Bertz CT molecular complexity index is 591. The average molecular weight is 318 g/mol. The summed E-state index contributed by atoms with van der Waals surface area (Å²) in [6, 6.07) is 1.40. The van der Waals surface area contributed by atoms with Crippen LogP contribution in [0.1, 0.15) is 32.6 Å². The Hall–Kier alpha value is -0.850. The van der Waals surface area contributed by atoms with Gasteiger partial charge >= 0.3 is 0 Å². The van der Waals surface area contributed by atoms with E-state index in [0.29, 0.717) is 5.92 Å². The average Bonchev–Trinajstić information content (AvgIpc) is 2.40. The van der Waals surface area contributed by atoms with Gasteiger partial charge in [0, 0.05) is 19.3 Å². The Labute approximate surface area is 125 Å². The van der Waals surface area contributed by atoms with E-state index < -0.39 is 10.0 Å². The number of nitrogens with two attached hydrogens (primary N) is 1. The lowest BCUT2D eigenvalue weighted by molar-refractivity contribution is 0.239. The van der Waals surface area contributed by atoms with Crippen molar-refractivity contribution in [3.8, 4) is 0 Å². The number of nitrogen functional groups attached to an aromatic ring is 1. The molecule has 0 saturated heterocycles. The lowest BCUT2D eigenvalue weighted by Gasteiger charge is -2.33. The summed E-state index contributed by atoms with van der Waals surface area (Å²) < 4.78 is 26.6. The molecule has 0 bridgehead atoms. The van der Waals surface area contributed by atoms with Crippen LogP contribution in [0.25, 0.3) is 0 Å². The van der Waals surface area contributed by atoms with E-state index in [4.69, 9.17) is 17.3 Å². The largest absolute Gasteiger partial charge is 0.382 e. The molecule has 7 heteroatoms. The van der Waals surface area contributed by atoms with Crippen molar-refractivity contribution in [1.29, 1.82) is 0 Å². The topological polar surface area (TPSA) is 76.3 Å². The van der Waals surface area contributed by atoms with Crippen molar-refractivity contribution in [2.24, 2.45) is 5.92 Å². The molecular weight excluding hydrogens is 298 g/mol. The zero-order valence-electron chi connectivity index (χ0n) is 11.7. The highest BCUT2D eigenvalue weighted by Gasteiger charge is 2.31. The number of anilines is 1. The number of rotatable bonds is 3. The molecule has 1 fully saturated rings. The number of hydrogen-bond acceptors (Lipinski definition) is 4. The van der Waals surface area contributed by atoms with Gasteiger partial charge in [0.15, 0.2) is 0 Å². The van der Waals surface area contributed by atoms with E-state index in [1.54, 1.807) is 7.05 Å². The molecule has 0 radical (unpaired) electrons. The van der Waals surface area contributed by atoms with Crippen LogP contribution in [0.3, 0.4) is 0 Å². The van der Waals surface area contributed by atoms with Crippen molar-refractivity contribution >= 4 is 27.4 Å². The number of pyridine rings is 1. The fourth-order valence-electron chi connectivity index (χ4n) is 2.67. The maximum atomic E-state index is 12.6. The maximum absolute atomic E-state index is 12.6. The molecule has 0 amide bonds. The van der Waals surface area contributed by atoms with E-state index in [2.05, 4.69) is 11.9 Å². The van der Waals surface area contributed by atoms with Gasteiger partial charge < -0.3 is 5.73 Å². The molecular formula is C13H20ClN3O2S. The van der Waals surface area contributed by atoms with E-state index in [9.17, 15) is 8.42 Å². The molecule has 2 atom stereocenters.